The number of esters is 1. The monoisotopic (exact) mass is 498 g/mol. The lowest BCUT2D eigenvalue weighted by Crippen LogP contribution is -2.00. The summed E-state index contributed by atoms with van der Waals surface area (Å²) in [5.74, 6) is 0.0808. The van der Waals surface area contributed by atoms with Crippen molar-refractivity contribution in [3.63, 3.8) is 0 Å². The van der Waals surface area contributed by atoms with Gasteiger partial charge in [-0.1, -0.05) is 6.92 Å². The molecule has 7 heteroatoms. The molecule has 1 unspecified atom stereocenters. The van der Waals surface area contributed by atoms with E-state index in [1.807, 2.05) is 31.2 Å². The Balaban J connectivity index is 0.000000277. The van der Waals surface area contributed by atoms with Gasteiger partial charge in [-0.15, -0.1) is 0 Å². The zero-order chi connectivity index (χ0) is 20.2. The zero-order valence-electron chi connectivity index (χ0n) is 15.7. The molecule has 0 saturated heterocycles. The van der Waals surface area contributed by atoms with Crippen molar-refractivity contribution in [1.29, 1.82) is 0 Å². The van der Waals surface area contributed by atoms with Gasteiger partial charge in [0.25, 0.3) is 0 Å². The molecule has 0 amide bonds. The Morgan fingerprint density at radius 1 is 1.22 bits per heavy atom. The maximum atomic E-state index is 11.2. The van der Waals surface area contributed by atoms with Gasteiger partial charge in [-0.05, 0) is 99.0 Å². The number of hydrogen-bond acceptors (Lipinski definition) is 5. The van der Waals surface area contributed by atoms with Crippen LogP contribution in [0.3, 0.4) is 0 Å². The van der Waals surface area contributed by atoms with Crippen LogP contribution in [0.1, 0.15) is 44.2 Å². The van der Waals surface area contributed by atoms with E-state index in [1.165, 1.54) is 11.6 Å². The molecular formula is C20H24Br2N2O3. The van der Waals surface area contributed by atoms with Gasteiger partial charge in [-0.2, -0.15) is 0 Å². The van der Waals surface area contributed by atoms with Crippen LogP contribution in [0.5, 0.6) is 0 Å². The molecule has 2 heterocycles. The quantitative estimate of drug-likeness (QED) is 0.338. The molecule has 0 aliphatic heterocycles. The second kappa shape index (κ2) is 12.8. The fraction of sp³-hybridized carbons (Fsp3) is 0.350. The molecule has 0 spiro atoms. The van der Waals surface area contributed by atoms with Gasteiger partial charge in [-0.3, -0.25) is 0 Å². The highest BCUT2D eigenvalue weighted by Crippen LogP contribution is 2.20. The molecule has 0 aliphatic carbocycles. The van der Waals surface area contributed by atoms with Gasteiger partial charge in [-0.25, -0.2) is 14.8 Å². The number of halogens is 2. The summed E-state index contributed by atoms with van der Waals surface area (Å²) in [6.07, 6.45) is 5.73. The SMILES string of the molecule is CC(CCO)c1ccnc(Br)c1.CCOC(=O)/C=C(/C)c1ccnc(Br)c1. The Morgan fingerprint density at radius 3 is 2.41 bits per heavy atom. The second-order valence-electron chi connectivity index (χ2n) is 5.77. The van der Waals surface area contributed by atoms with Gasteiger partial charge < -0.3 is 9.84 Å². The number of aliphatic hydroxyl groups is 1. The molecule has 27 heavy (non-hydrogen) atoms. The number of rotatable bonds is 6. The second-order valence-corrected chi connectivity index (χ2v) is 7.40. The number of pyridine rings is 2. The van der Waals surface area contributed by atoms with E-state index < -0.39 is 0 Å². The Hall–Kier alpha value is -1.57. The topological polar surface area (TPSA) is 72.3 Å². The standard InChI is InChI=1S/C11H12BrNO2.C9H12BrNO/c1-3-15-11(14)6-8(2)9-4-5-13-10(12)7-9;1-7(3-5-12)8-2-4-11-9(10)6-8/h4-7H,3H2,1-2H3;2,4,6-7,12H,3,5H2,1H3/b8-6-;. The number of nitrogens with zero attached hydrogens (tertiary/aromatic N) is 2. The molecule has 146 valence electrons. The van der Waals surface area contributed by atoms with Crippen molar-refractivity contribution in [2.75, 3.05) is 13.2 Å². The van der Waals surface area contributed by atoms with Crippen molar-refractivity contribution in [2.24, 2.45) is 0 Å². The number of ether oxygens (including phenoxy) is 1. The van der Waals surface area contributed by atoms with Crippen molar-refractivity contribution in [1.82, 2.24) is 9.97 Å². The zero-order valence-corrected chi connectivity index (χ0v) is 18.8. The molecular weight excluding hydrogens is 476 g/mol. The Morgan fingerprint density at radius 2 is 1.85 bits per heavy atom. The van der Waals surface area contributed by atoms with Crippen LogP contribution >= 0.6 is 31.9 Å². The Bertz CT molecular complexity index is 766. The fourth-order valence-corrected chi connectivity index (χ4v) is 2.92. The van der Waals surface area contributed by atoms with Crippen LogP contribution in [0, 0.1) is 0 Å². The van der Waals surface area contributed by atoms with Crippen molar-refractivity contribution >= 4 is 43.4 Å². The highest BCUT2D eigenvalue weighted by Gasteiger charge is 2.04. The number of carbonyl (C=O) groups is 1. The average molecular weight is 500 g/mol. The largest absolute Gasteiger partial charge is 0.463 e. The number of allylic oxidation sites excluding steroid dienone is 1. The molecule has 5 nitrogen and oxygen atoms in total. The lowest BCUT2D eigenvalue weighted by Gasteiger charge is -2.09. The van der Waals surface area contributed by atoms with E-state index in [4.69, 9.17) is 9.84 Å². The third kappa shape index (κ3) is 9.26. The molecule has 0 fully saturated rings. The van der Waals surface area contributed by atoms with Gasteiger partial charge >= 0.3 is 5.97 Å². The summed E-state index contributed by atoms with van der Waals surface area (Å²) in [6, 6.07) is 7.66. The minimum atomic E-state index is -0.317. The van der Waals surface area contributed by atoms with E-state index in [0.717, 1.165) is 26.8 Å². The molecule has 0 saturated carbocycles. The molecule has 1 N–H and O–H groups in total. The normalized spacial score (nSPS) is 12.0. The molecule has 2 aromatic heterocycles. The molecule has 0 bridgehead atoms. The fourth-order valence-electron chi connectivity index (χ4n) is 2.18. The first-order valence-corrected chi connectivity index (χ1v) is 10.1. The highest BCUT2D eigenvalue weighted by molar-refractivity contribution is 9.10. The number of hydrogen-bond donors (Lipinski definition) is 1. The van der Waals surface area contributed by atoms with Crippen LogP contribution < -0.4 is 0 Å². The summed E-state index contributed by atoms with van der Waals surface area (Å²) in [4.78, 5) is 19.2. The summed E-state index contributed by atoms with van der Waals surface area (Å²) in [6.45, 7) is 6.37. The van der Waals surface area contributed by atoms with Crippen molar-refractivity contribution in [3.8, 4) is 0 Å². The summed E-state index contributed by atoms with van der Waals surface area (Å²) in [5, 5.41) is 8.74. The molecule has 2 rings (SSSR count). The van der Waals surface area contributed by atoms with E-state index in [-0.39, 0.29) is 12.6 Å². The lowest BCUT2D eigenvalue weighted by molar-refractivity contribution is -0.137. The Kier molecular flexibility index (Phi) is 11.1. The summed E-state index contributed by atoms with van der Waals surface area (Å²) >= 11 is 6.58. The Labute approximate surface area is 177 Å². The van der Waals surface area contributed by atoms with Gasteiger partial charge in [0.15, 0.2) is 0 Å². The summed E-state index contributed by atoms with van der Waals surface area (Å²) in [7, 11) is 0. The molecule has 1 atom stereocenters. The lowest BCUT2D eigenvalue weighted by atomic mass is 10.00. The highest BCUT2D eigenvalue weighted by atomic mass is 79.9. The predicted octanol–water partition coefficient (Wildman–Crippen LogP) is 5.14. The van der Waals surface area contributed by atoms with Gasteiger partial charge in [0, 0.05) is 25.1 Å². The maximum absolute atomic E-state index is 11.2. The minimum Gasteiger partial charge on any atom is -0.463 e. The third-order valence-electron chi connectivity index (χ3n) is 3.68. The first-order chi connectivity index (χ1) is 12.9. The smallest absolute Gasteiger partial charge is 0.331 e. The van der Waals surface area contributed by atoms with Crippen LogP contribution in [0.25, 0.3) is 5.57 Å². The van der Waals surface area contributed by atoms with Gasteiger partial charge in [0.1, 0.15) is 9.21 Å². The van der Waals surface area contributed by atoms with Gasteiger partial charge in [0.2, 0.25) is 0 Å². The van der Waals surface area contributed by atoms with Crippen molar-refractivity contribution in [2.45, 2.75) is 33.1 Å². The number of aliphatic hydroxyl groups excluding tert-OH is 1. The first kappa shape index (κ1) is 23.5. The van der Waals surface area contributed by atoms with E-state index in [0.29, 0.717) is 12.5 Å². The van der Waals surface area contributed by atoms with Crippen LogP contribution in [-0.2, 0) is 9.53 Å². The van der Waals surface area contributed by atoms with Crippen molar-refractivity contribution in [3.05, 3.63) is 63.1 Å². The van der Waals surface area contributed by atoms with Crippen LogP contribution in [-0.4, -0.2) is 34.3 Å². The van der Waals surface area contributed by atoms with E-state index in [9.17, 15) is 4.79 Å². The van der Waals surface area contributed by atoms with Crippen LogP contribution in [0.4, 0.5) is 0 Å². The van der Waals surface area contributed by atoms with E-state index in [2.05, 4.69) is 48.8 Å². The predicted molar refractivity (Wildman–Crippen MR) is 114 cm³/mol. The number of aromatic nitrogens is 2. The molecule has 2 aromatic rings. The summed E-state index contributed by atoms with van der Waals surface area (Å²) in [5.41, 5.74) is 3.02. The maximum Gasteiger partial charge on any atom is 0.331 e. The van der Waals surface area contributed by atoms with E-state index >= 15 is 0 Å². The van der Waals surface area contributed by atoms with Crippen LogP contribution in [0.2, 0.25) is 0 Å². The first-order valence-electron chi connectivity index (χ1n) is 8.56. The number of carbonyl (C=O) groups excluding carboxylic acids is 1. The third-order valence-corrected chi connectivity index (χ3v) is 4.55. The summed E-state index contributed by atoms with van der Waals surface area (Å²) < 4.78 is 6.42. The molecule has 0 aliphatic rings. The molecule has 0 radical (unpaired) electrons. The molecule has 0 aromatic carbocycles. The van der Waals surface area contributed by atoms with Crippen LogP contribution in [0.15, 0.2) is 51.9 Å². The van der Waals surface area contributed by atoms with E-state index in [1.54, 1.807) is 19.3 Å². The minimum absolute atomic E-state index is 0.237. The average Bonchev–Trinajstić information content (AvgIpc) is 2.62. The van der Waals surface area contributed by atoms with Gasteiger partial charge in [0.05, 0.1) is 6.61 Å². The van der Waals surface area contributed by atoms with Crippen molar-refractivity contribution < 1.29 is 14.6 Å².